The predicted molar refractivity (Wildman–Crippen MR) is 120 cm³/mol. The highest BCUT2D eigenvalue weighted by Crippen LogP contribution is 2.52. The van der Waals surface area contributed by atoms with Crippen LogP contribution in [0.4, 0.5) is 5.69 Å². The van der Waals surface area contributed by atoms with Gasteiger partial charge in [0.15, 0.2) is 23.0 Å². The number of fused-ring (bicyclic) bond motifs is 2. The van der Waals surface area contributed by atoms with Gasteiger partial charge in [-0.05, 0) is 29.8 Å². The second kappa shape index (κ2) is 7.66. The Hall–Kier alpha value is -3.72. The molecule has 1 N–H and O–H groups in total. The van der Waals surface area contributed by atoms with Crippen LogP contribution in [0.1, 0.15) is 5.56 Å². The number of nitrogens with one attached hydrogen (secondary N) is 1. The Bertz CT molecular complexity index is 1210. The number of ether oxygens (including phenoxy) is 5. The Kier molecular flexibility index (Phi) is 4.70. The molecule has 2 fully saturated rings. The van der Waals surface area contributed by atoms with Gasteiger partial charge in [0, 0.05) is 18.3 Å². The van der Waals surface area contributed by atoms with Crippen molar-refractivity contribution in [1.82, 2.24) is 4.90 Å². The lowest BCUT2D eigenvalue weighted by Crippen LogP contribution is -2.41. The number of anilines is 1. The molecule has 2 amide bonds. The second-order valence-corrected chi connectivity index (χ2v) is 8.84. The number of methoxy groups -OCH3 is 2. The fourth-order valence-electron chi connectivity index (χ4n) is 5.41. The van der Waals surface area contributed by atoms with Crippen molar-refractivity contribution in [3.63, 3.8) is 0 Å². The predicted octanol–water partition coefficient (Wildman–Crippen LogP) is 2.35. The van der Waals surface area contributed by atoms with E-state index in [9.17, 15) is 9.59 Å². The van der Waals surface area contributed by atoms with Gasteiger partial charge in [0.2, 0.25) is 18.6 Å². The zero-order valence-corrected chi connectivity index (χ0v) is 18.8. The summed E-state index contributed by atoms with van der Waals surface area (Å²) in [5, 5.41) is 2.93. The minimum absolute atomic E-state index is 0.0861. The van der Waals surface area contributed by atoms with E-state index >= 15 is 0 Å². The van der Waals surface area contributed by atoms with Gasteiger partial charge in [0.25, 0.3) is 0 Å². The topological polar surface area (TPSA) is 95.6 Å². The molecule has 34 heavy (non-hydrogen) atoms. The van der Waals surface area contributed by atoms with Gasteiger partial charge >= 0.3 is 0 Å². The molecule has 9 nitrogen and oxygen atoms in total. The molecule has 0 radical (unpaired) electrons. The van der Waals surface area contributed by atoms with Gasteiger partial charge in [-0.3, -0.25) is 9.59 Å². The summed E-state index contributed by atoms with van der Waals surface area (Å²) in [6, 6.07) is 10.8. The molecule has 0 saturated carbocycles. The van der Waals surface area contributed by atoms with Crippen molar-refractivity contribution in [3.05, 3.63) is 54.1 Å². The summed E-state index contributed by atoms with van der Waals surface area (Å²) in [6.45, 7) is 1.00. The van der Waals surface area contributed by atoms with Crippen LogP contribution < -0.4 is 24.3 Å². The lowest BCUT2D eigenvalue weighted by Gasteiger charge is -2.23. The van der Waals surface area contributed by atoms with Crippen molar-refractivity contribution in [1.29, 1.82) is 0 Å². The minimum atomic E-state index is -0.780. The van der Waals surface area contributed by atoms with Crippen molar-refractivity contribution >= 4 is 17.5 Å². The molecule has 4 atom stereocenters. The summed E-state index contributed by atoms with van der Waals surface area (Å²) in [7, 11) is 3.09. The number of amides is 2. The summed E-state index contributed by atoms with van der Waals surface area (Å²) in [4.78, 5) is 28.6. The van der Waals surface area contributed by atoms with E-state index in [1.54, 1.807) is 30.2 Å². The van der Waals surface area contributed by atoms with Crippen LogP contribution in [0, 0.1) is 11.8 Å². The number of carbonyl (C=O) groups excluding carboxylic acids is 2. The quantitative estimate of drug-likeness (QED) is 0.656. The Morgan fingerprint density at radius 2 is 1.94 bits per heavy atom. The van der Waals surface area contributed by atoms with Crippen molar-refractivity contribution in [2.24, 2.45) is 11.8 Å². The van der Waals surface area contributed by atoms with Crippen LogP contribution in [0.15, 0.2) is 48.6 Å². The Balaban J connectivity index is 1.21. The highest BCUT2D eigenvalue weighted by molar-refractivity contribution is 5.99. The van der Waals surface area contributed by atoms with Gasteiger partial charge in [0.1, 0.15) is 5.60 Å². The molecular formula is C25H24N2O7. The van der Waals surface area contributed by atoms with Crippen LogP contribution in [0.25, 0.3) is 0 Å². The highest BCUT2D eigenvalue weighted by Gasteiger charge is 2.66. The highest BCUT2D eigenvalue weighted by atomic mass is 16.7. The number of likely N-dealkylation sites (tertiary alicyclic amines) is 1. The maximum Gasteiger partial charge on any atom is 0.231 e. The zero-order valence-electron chi connectivity index (χ0n) is 18.8. The largest absolute Gasteiger partial charge is 0.493 e. The molecular weight excluding hydrogens is 440 g/mol. The SMILES string of the molecule is COc1ccc(NC(=O)[C@@H]2[C@H]3C(=O)N(Cc4ccc5c(c4)OCO5)C[C@@]34C=C[C@H]2O4)cc1OC. The molecule has 1 spiro atoms. The van der Waals surface area contributed by atoms with Gasteiger partial charge in [-0.1, -0.05) is 18.2 Å². The van der Waals surface area contributed by atoms with E-state index in [0.717, 1.165) is 5.56 Å². The molecule has 2 aromatic rings. The Morgan fingerprint density at radius 3 is 2.76 bits per heavy atom. The monoisotopic (exact) mass is 464 g/mol. The number of carbonyl (C=O) groups is 2. The van der Waals surface area contributed by atoms with Crippen molar-refractivity contribution in [2.45, 2.75) is 18.2 Å². The van der Waals surface area contributed by atoms with Crippen LogP contribution in [0.5, 0.6) is 23.0 Å². The number of rotatable bonds is 6. The van der Waals surface area contributed by atoms with Gasteiger partial charge in [-0.25, -0.2) is 0 Å². The Morgan fingerprint density at radius 1 is 1.12 bits per heavy atom. The fourth-order valence-corrected chi connectivity index (χ4v) is 5.41. The molecule has 9 heteroatoms. The van der Waals surface area contributed by atoms with Crippen molar-refractivity contribution < 1.29 is 33.3 Å². The summed E-state index contributed by atoms with van der Waals surface area (Å²) in [6.07, 6.45) is 3.41. The molecule has 2 bridgehead atoms. The van der Waals surface area contributed by atoms with Crippen LogP contribution in [0.3, 0.4) is 0 Å². The van der Waals surface area contributed by atoms with Gasteiger partial charge < -0.3 is 33.9 Å². The fraction of sp³-hybridized carbons (Fsp3) is 0.360. The normalized spacial score (nSPS) is 27.8. The van der Waals surface area contributed by atoms with E-state index in [2.05, 4.69) is 5.32 Å². The van der Waals surface area contributed by atoms with E-state index in [0.29, 0.717) is 41.8 Å². The molecule has 4 heterocycles. The molecule has 2 saturated heterocycles. The van der Waals surface area contributed by atoms with E-state index in [4.69, 9.17) is 23.7 Å². The first-order chi connectivity index (χ1) is 16.5. The van der Waals surface area contributed by atoms with E-state index in [1.165, 1.54) is 7.11 Å². The third kappa shape index (κ3) is 3.11. The zero-order chi connectivity index (χ0) is 23.4. The van der Waals surface area contributed by atoms with Crippen molar-refractivity contribution in [2.75, 3.05) is 32.9 Å². The standard InChI is InChI=1S/C25H24N2O7/c1-30-16-6-4-15(10-19(16)31-2)26-23(28)21-18-7-8-25(34-18)12-27(24(29)22(21)25)11-14-3-5-17-20(9-14)33-13-32-17/h3-10,18,21-22H,11-13H2,1-2H3,(H,26,28)/t18-,21+,22+,25+/m1/s1. The average molecular weight is 464 g/mol. The molecule has 0 aromatic heterocycles. The first kappa shape index (κ1) is 20.9. The van der Waals surface area contributed by atoms with E-state index in [1.807, 2.05) is 30.4 Å². The van der Waals surface area contributed by atoms with Crippen LogP contribution >= 0.6 is 0 Å². The maximum atomic E-state index is 13.5. The first-order valence-corrected chi connectivity index (χ1v) is 11.1. The molecule has 6 rings (SSSR count). The first-order valence-electron chi connectivity index (χ1n) is 11.1. The molecule has 4 aliphatic rings. The lowest BCUT2D eigenvalue weighted by molar-refractivity contribution is -0.136. The van der Waals surface area contributed by atoms with Crippen molar-refractivity contribution in [3.8, 4) is 23.0 Å². The summed E-state index contributed by atoms with van der Waals surface area (Å²) in [5.41, 5.74) is 0.711. The van der Waals surface area contributed by atoms with Crippen LogP contribution in [-0.4, -0.2) is 56.0 Å². The Labute approximate surface area is 196 Å². The summed E-state index contributed by atoms with van der Waals surface area (Å²) in [5.74, 6) is 0.909. The number of hydrogen-bond acceptors (Lipinski definition) is 7. The molecule has 176 valence electrons. The molecule has 0 unspecified atom stereocenters. The third-order valence-electron chi connectivity index (χ3n) is 6.94. The summed E-state index contributed by atoms with van der Waals surface area (Å²) >= 11 is 0. The number of hydrogen-bond donors (Lipinski definition) is 1. The van der Waals surface area contributed by atoms with Crippen LogP contribution in [0.2, 0.25) is 0 Å². The summed E-state index contributed by atoms with van der Waals surface area (Å²) < 4.78 is 27.6. The third-order valence-corrected chi connectivity index (χ3v) is 6.94. The van der Waals surface area contributed by atoms with Gasteiger partial charge in [-0.2, -0.15) is 0 Å². The smallest absolute Gasteiger partial charge is 0.231 e. The average Bonchev–Trinajstić information content (AvgIpc) is 3.60. The van der Waals surface area contributed by atoms with E-state index in [-0.39, 0.29) is 18.6 Å². The van der Waals surface area contributed by atoms with Crippen LogP contribution in [-0.2, 0) is 20.9 Å². The minimum Gasteiger partial charge on any atom is -0.493 e. The molecule has 0 aliphatic carbocycles. The number of nitrogens with zero attached hydrogens (tertiary/aromatic N) is 1. The second-order valence-electron chi connectivity index (χ2n) is 8.84. The number of benzene rings is 2. The van der Waals surface area contributed by atoms with Gasteiger partial charge in [-0.15, -0.1) is 0 Å². The lowest BCUT2D eigenvalue weighted by atomic mass is 9.77. The molecule has 2 aromatic carbocycles. The molecule has 4 aliphatic heterocycles. The van der Waals surface area contributed by atoms with Gasteiger partial charge in [0.05, 0.1) is 38.7 Å². The maximum absolute atomic E-state index is 13.5. The van der Waals surface area contributed by atoms with E-state index < -0.39 is 23.5 Å².